The molecule has 0 saturated heterocycles. The third-order valence-electron chi connectivity index (χ3n) is 4.31. The zero-order chi connectivity index (χ0) is 22.2. The molecule has 3 rings (SSSR count). The highest BCUT2D eigenvalue weighted by molar-refractivity contribution is 5.88. The number of carbonyl (C=O) groups is 2. The fourth-order valence-corrected chi connectivity index (χ4v) is 2.63. The first-order valence-electron chi connectivity index (χ1n) is 9.59. The molecule has 0 aliphatic heterocycles. The maximum absolute atomic E-state index is 11.5. The highest BCUT2D eigenvalue weighted by Crippen LogP contribution is 2.25. The Morgan fingerprint density at radius 3 is 1.77 bits per heavy atom. The second-order valence-corrected chi connectivity index (χ2v) is 6.78. The van der Waals surface area contributed by atoms with Crippen molar-refractivity contribution in [2.75, 3.05) is 0 Å². The molecule has 0 heterocycles. The number of hydrogen-bond acceptors (Lipinski definition) is 5. The van der Waals surface area contributed by atoms with E-state index in [0.717, 1.165) is 28.5 Å². The van der Waals surface area contributed by atoms with Crippen LogP contribution >= 0.6 is 0 Å². The summed E-state index contributed by atoms with van der Waals surface area (Å²) in [6.07, 6.45) is 1.12. The number of carbonyl (C=O) groups excluding carboxylic acids is 2. The van der Waals surface area contributed by atoms with Gasteiger partial charge in [-0.3, -0.25) is 0 Å². The van der Waals surface area contributed by atoms with Crippen LogP contribution in [0.2, 0.25) is 0 Å². The average molecular weight is 414 g/mol. The van der Waals surface area contributed by atoms with E-state index >= 15 is 0 Å². The molecule has 0 spiro atoms. The average Bonchev–Trinajstić information content (AvgIpc) is 2.79. The summed E-state index contributed by atoms with van der Waals surface area (Å²) < 4.78 is 16.1. The van der Waals surface area contributed by atoms with Gasteiger partial charge in [0, 0.05) is 11.6 Å². The number of benzene rings is 3. The molecule has 3 aromatic rings. The van der Waals surface area contributed by atoms with Crippen molar-refractivity contribution in [3.8, 4) is 28.4 Å². The second-order valence-electron chi connectivity index (χ2n) is 6.78. The van der Waals surface area contributed by atoms with Crippen LogP contribution in [-0.2, 0) is 16.2 Å². The molecule has 0 N–H and O–H groups in total. The maximum Gasteiger partial charge on any atom is 0.338 e. The molecule has 156 valence electrons. The first kappa shape index (κ1) is 21.6. The molecule has 0 bridgehead atoms. The molecule has 5 nitrogen and oxygen atoms in total. The van der Waals surface area contributed by atoms with Gasteiger partial charge in [0.25, 0.3) is 0 Å². The van der Waals surface area contributed by atoms with Crippen molar-refractivity contribution in [1.29, 1.82) is 0 Å². The molecule has 0 unspecified atom stereocenters. The van der Waals surface area contributed by atoms with Gasteiger partial charge in [-0.05, 0) is 60.0 Å². The minimum Gasteiger partial charge on any atom is -0.489 e. The molecule has 0 saturated carbocycles. The van der Waals surface area contributed by atoms with Crippen molar-refractivity contribution in [2.45, 2.75) is 13.5 Å². The summed E-state index contributed by atoms with van der Waals surface area (Å²) in [5.74, 6) is 0.728. The van der Waals surface area contributed by atoms with Gasteiger partial charge in [-0.1, -0.05) is 49.6 Å². The third-order valence-corrected chi connectivity index (χ3v) is 4.31. The van der Waals surface area contributed by atoms with Gasteiger partial charge in [-0.2, -0.15) is 0 Å². The number of esters is 2. The Morgan fingerprint density at radius 1 is 0.774 bits per heavy atom. The van der Waals surface area contributed by atoms with Crippen molar-refractivity contribution in [2.24, 2.45) is 0 Å². The van der Waals surface area contributed by atoms with Crippen molar-refractivity contribution < 1.29 is 23.8 Å². The Balaban J connectivity index is 1.56. The zero-order valence-electron chi connectivity index (χ0n) is 17.2. The molecular formula is C26H22O5. The molecule has 0 radical (unpaired) electrons. The number of hydrogen-bond donors (Lipinski definition) is 0. The smallest absolute Gasteiger partial charge is 0.338 e. The Kier molecular flexibility index (Phi) is 7.01. The molecular weight excluding hydrogens is 392 g/mol. The number of rotatable bonds is 8. The molecule has 0 aliphatic carbocycles. The summed E-state index contributed by atoms with van der Waals surface area (Å²) >= 11 is 0. The van der Waals surface area contributed by atoms with E-state index in [0.29, 0.717) is 23.7 Å². The van der Waals surface area contributed by atoms with E-state index in [1.807, 2.05) is 48.5 Å². The predicted octanol–water partition coefficient (Wildman–Crippen LogP) is 5.51. The fourth-order valence-electron chi connectivity index (χ4n) is 2.63. The quantitative estimate of drug-likeness (QED) is 0.276. The second kappa shape index (κ2) is 10.1. The van der Waals surface area contributed by atoms with Gasteiger partial charge in [-0.25, -0.2) is 9.59 Å². The normalized spacial score (nSPS) is 10.1. The molecule has 0 aromatic heterocycles. The highest BCUT2D eigenvalue weighted by Gasteiger charge is 2.06. The Hall–Kier alpha value is -4.12. The highest BCUT2D eigenvalue weighted by atomic mass is 16.5. The summed E-state index contributed by atoms with van der Waals surface area (Å²) in [6, 6.07) is 22.1. The lowest BCUT2D eigenvalue weighted by Gasteiger charge is -2.09. The van der Waals surface area contributed by atoms with Crippen LogP contribution in [0.25, 0.3) is 11.1 Å². The Bertz CT molecular complexity index is 1080. The standard InChI is InChI=1S/C26H22O5/c1-4-25(27)30-23-15-9-21(10-16-23)20-7-13-22(14-8-20)29-17-19-5-11-24(12-6-19)31-26(28)18(2)3/h4-16H,1-2,17H2,3H3. The van der Waals surface area contributed by atoms with E-state index < -0.39 is 11.9 Å². The van der Waals surface area contributed by atoms with Crippen LogP contribution in [0.15, 0.2) is 97.6 Å². The zero-order valence-corrected chi connectivity index (χ0v) is 17.2. The van der Waals surface area contributed by atoms with E-state index in [-0.39, 0.29) is 0 Å². The van der Waals surface area contributed by atoms with Crippen molar-refractivity contribution in [1.82, 2.24) is 0 Å². The van der Waals surface area contributed by atoms with Gasteiger partial charge < -0.3 is 14.2 Å². The lowest BCUT2D eigenvalue weighted by atomic mass is 10.1. The first-order chi connectivity index (χ1) is 14.9. The topological polar surface area (TPSA) is 61.8 Å². The molecule has 0 aliphatic rings. The largest absolute Gasteiger partial charge is 0.489 e. The SMILES string of the molecule is C=CC(=O)Oc1ccc(-c2ccc(OCc3ccc(OC(=O)C(=C)C)cc3)cc2)cc1. The Labute approximate surface area is 181 Å². The van der Waals surface area contributed by atoms with Crippen LogP contribution < -0.4 is 14.2 Å². The molecule has 0 fully saturated rings. The monoisotopic (exact) mass is 414 g/mol. The summed E-state index contributed by atoms with van der Waals surface area (Å²) in [5, 5.41) is 0. The van der Waals surface area contributed by atoms with Crippen LogP contribution in [0.5, 0.6) is 17.2 Å². The van der Waals surface area contributed by atoms with E-state index in [1.54, 1.807) is 31.2 Å². The van der Waals surface area contributed by atoms with Crippen molar-refractivity contribution in [3.63, 3.8) is 0 Å². The maximum atomic E-state index is 11.5. The summed E-state index contributed by atoms with van der Waals surface area (Å²) in [4.78, 5) is 22.8. The van der Waals surface area contributed by atoms with E-state index in [9.17, 15) is 9.59 Å². The van der Waals surface area contributed by atoms with Gasteiger partial charge >= 0.3 is 11.9 Å². The number of ether oxygens (including phenoxy) is 3. The van der Waals surface area contributed by atoms with Gasteiger partial charge in [0.2, 0.25) is 0 Å². The third kappa shape index (κ3) is 6.18. The molecule has 0 amide bonds. The van der Waals surface area contributed by atoms with Crippen LogP contribution in [0.3, 0.4) is 0 Å². The van der Waals surface area contributed by atoms with Crippen LogP contribution in [0, 0.1) is 0 Å². The van der Waals surface area contributed by atoms with Crippen molar-refractivity contribution >= 4 is 11.9 Å². The van der Waals surface area contributed by atoms with Gasteiger partial charge in [0.1, 0.15) is 23.9 Å². The molecule has 31 heavy (non-hydrogen) atoms. The molecule has 0 atom stereocenters. The lowest BCUT2D eigenvalue weighted by Crippen LogP contribution is -2.08. The van der Waals surface area contributed by atoms with E-state index in [4.69, 9.17) is 14.2 Å². The van der Waals surface area contributed by atoms with Crippen LogP contribution in [0.1, 0.15) is 12.5 Å². The summed E-state index contributed by atoms with van der Waals surface area (Å²) in [7, 11) is 0. The molecule has 3 aromatic carbocycles. The summed E-state index contributed by atoms with van der Waals surface area (Å²) in [6.45, 7) is 8.93. The van der Waals surface area contributed by atoms with Crippen LogP contribution in [0.4, 0.5) is 0 Å². The van der Waals surface area contributed by atoms with E-state index in [2.05, 4.69) is 13.2 Å². The lowest BCUT2D eigenvalue weighted by molar-refractivity contribution is -0.130. The van der Waals surface area contributed by atoms with Gasteiger partial charge in [0.15, 0.2) is 0 Å². The minimum atomic E-state index is -0.489. The molecule has 5 heteroatoms. The first-order valence-corrected chi connectivity index (χ1v) is 9.59. The van der Waals surface area contributed by atoms with E-state index in [1.165, 1.54) is 0 Å². The minimum absolute atomic E-state index is 0.350. The fraction of sp³-hybridized carbons (Fsp3) is 0.0769. The van der Waals surface area contributed by atoms with Crippen molar-refractivity contribution in [3.05, 3.63) is 103 Å². The van der Waals surface area contributed by atoms with Gasteiger partial charge in [-0.15, -0.1) is 0 Å². The summed E-state index contributed by atoms with van der Waals surface area (Å²) in [5.41, 5.74) is 3.30. The van der Waals surface area contributed by atoms with Gasteiger partial charge in [0.05, 0.1) is 0 Å². The predicted molar refractivity (Wildman–Crippen MR) is 119 cm³/mol. The van der Waals surface area contributed by atoms with Crippen LogP contribution in [-0.4, -0.2) is 11.9 Å². The Morgan fingerprint density at radius 2 is 1.26 bits per heavy atom.